The first-order chi connectivity index (χ1) is 10.2. The molecule has 0 radical (unpaired) electrons. The summed E-state index contributed by atoms with van der Waals surface area (Å²) in [5.41, 5.74) is 3.97. The van der Waals surface area contributed by atoms with E-state index < -0.39 is 0 Å². The lowest BCUT2D eigenvalue weighted by molar-refractivity contribution is 0.226. The Morgan fingerprint density at radius 2 is 1.86 bits per heavy atom. The maximum absolute atomic E-state index is 4.59. The second-order valence-corrected chi connectivity index (χ2v) is 6.22. The van der Waals surface area contributed by atoms with Crippen LogP contribution in [0.2, 0.25) is 0 Å². The molecule has 0 aromatic carbocycles. The first kappa shape index (κ1) is 16.5. The van der Waals surface area contributed by atoms with Crippen LogP contribution in [0.1, 0.15) is 49.6 Å². The van der Waals surface area contributed by atoms with Gasteiger partial charge >= 0.3 is 0 Å². The number of rotatable bonds is 8. The Balaban J connectivity index is 1.60. The van der Waals surface area contributed by atoms with Gasteiger partial charge in [-0.05, 0) is 84.7 Å². The Kier molecular flexibility index (Phi) is 6.71. The highest BCUT2D eigenvalue weighted by molar-refractivity contribution is 5.24. The summed E-state index contributed by atoms with van der Waals surface area (Å²) >= 11 is 0. The third-order valence-electron chi connectivity index (χ3n) is 4.66. The van der Waals surface area contributed by atoms with Crippen molar-refractivity contribution < 1.29 is 0 Å². The maximum atomic E-state index is 4.59. The van der Waals surface area contributed by atoms with E-state index in [1.54, 1.807) is 0 Å². The van der Waals surface area contributed by atoms with E-state index in [1.807, 2.05) is 0 Å². The molecule has 0 bridgehead atoms. The van der Waals surface area contributed by atoms with Gasteiger partial charge in [-0.1, -0.05) is 6.42 Å². The smallest absolute Gasteiger partial charge is 0.0628 e. The average molecular weight is 292 g/mol. The van der Waals surface area contributed by atoms with Gasteiger partial charge in [0.1, 0.15) is 0 Å². The quantitative estimate of drug-likeness (QED) is 0.748. The van der Waals surface area contributed by atoms with Crippen LogP contribution in [-0.2, 0) is 13.0 Å². The predicted molar refractivity (Wildman–Crippen MR) is 88.9 cm³/mol. The Hall–Kier alpha value is -0.870. The van der Waals surface area contributed by atoms with E-state index in [0.29, 0.717) is 0 Å². The number of aromatic nitrogens is 2. The number of hydrogen-bond donors (Lipinski definition) is 1. The van der Waals surface area contributed by atoms with Crippen LogP contribution in [0.5, 0.6) is 0 Å². The van der Waals surface area contributed by atoms with Crippen LogP contribution in [0.15, 0.2) is 0 Å². The van der Waals surface area contributed by atoms with Crippen LogP contribution < -0.4 is 5.32 Å². The van der Waals surface area contributed by atoms with Crippen LogP contribution >= 0.6 is 0 Å². The molecule has 0 saturated carbocycles. The lowest BCUT2D eigenvalue weighted by Crippen LogP contribution is -2.32. The summed E-state index contributed by atoms with van der Waals surface area (Å²) < 4.78 is 2.11. The summed E-state index contributed by atoms with van der Waals surface area (Å²) in [6.07, 6.45) is 6.59. The molecule has 0 amide bonds. The van der Waals surface area contributed by atoms with Gasteiger partial charge in [-0.3, -0.25) is 4.68 Å². The topological polar surface area (TPSA) is 33.1 Å². The van der Waals surface area contributed by atoms with Crippen molar-refractivity contribution in [2.75, 3.05) is 32.7 Å². The van der Waals surface area contributed by atoms with Gasteiger partial charge in [0, 0.05) is 12.2 Å². The molecular weight excluding hydrogens is 260 g/mol. The largest absolute Gasteiger partial charge is 0.316 e. The van der Waals surface area contributed by atoms with Crippen molar-refractivity contribution in [3.05, 3.63) is 17.0 Å². The molecule has 4 nitrogen and oxygen atoms in total. The van der Waals surface area contributed by atoms with Gasteiger partial charge in [0.15, 0.2) is 0 Å². The van der Waals surface area contributed by atoms with E-state index in [4.69, 9.17) is 0 Å². The molecule has 2 heterocycles. The fourth-order valence-corrected chi connectivity index (χ4v) is 3.35. The summed E-state index contributed by atoms with van der Waals surface area (Å²) in [6.45, 7) is 13.5. The van der Waals surface area contributed by atoms with Crippen LogP contribution in [0.25, 0.3) is 0 Å². The third-order valence-corrected chi connectivity index (χ3v) is 4.66. The van der Waals surface area contributed by atoms with Gasteiger partial charge < -0.3 is 10.2 Å². The van der Waals surface area contributed by atoms with Gasteiger partial charge in [-0.25, -0.2) is 0 Å². The van der Waals surface area contributed by atoms with Gasteiger partial charge in [0.25, 0.3) is 0 Å². The Morgan fingerprint density at radius 1 is 1.10 bits per heavy atom. The summed E-state index contributed by atoms with van der Waals surface area (Å²) in [4.78, 5) is 2.62. The standard InChI is InChI=1S/C17H32N4/c1-4-21-16(3)17(15(2)19-21)9-11-18-10-8-14-20-12-6-5-7-13-20/h18H,4-14H2,1-3H3. The van der Waals surface area contributed by atoms with Gasteiger partial charge in [-0.2, -0.15) is 5.10 Å². The second-order valence-electron chi connectivity index (χ2n) is 6.22. The normalized spacial score (nSPS) is 16.5. The van der Waals surface area contributed by atoms with E-state index >= 15 is 0 Å². The number of aryl methyl sites for hydroxylation is 2. The lowest BCUT2D eigenvalue weighted by atomic mass is 10.1. The van der Waals surface area contributed by atoms with Crippen LogP contribution in [0.4, 0.5) is 0 Å². The molecule has 1 N–H and O–H groups in total. The zero-order valence-corrected chi connectivity index (χ0v) is 14.1. The van der Waals surface area contributed by atoms with Crippen molar-refractivity contribution >= 4 is 0 Å². The van der Waals surface area contributed by atoms with Gasteiger partial charge in [-0.15, -0.1) is 0 Å². The zero-order chi connectivity index (χ0) is 15.1. The zero-order valence-electron chi connectivity index (χ0n) is 14.1. The summed E-state index contributed by atoms with van der Waals surface area (Å²) in [5.74, 6) is 0. The number of likely N-dealkylation sites (tertiary alicyclic amines) is 1. The highest BCUT2D eigenvalue weighted by atomic mass is 15.3. The van der Waals surface area contributed by atoms with E-state index in [1.165, 1.54) is 62.3 Å². The Bertz CT molecular complexity index is 419. The molecule has 1 fully saturated rings. The average Bonchev–Trinajstić information content (AvgIpc) is 2.78. The van der Waals surface area contributed by atoms with E-state index in [-0.39, 0.29) is 0 Å². The van der Waals surface area contributed by atoms with Crippen molar-refractivity contribution in [1.29, 1.82) is 0 Å². The maximum Gasteiger partial charge on any atom is 0.0628 e. The predicted octanol–water partition coefficient (Wildman–Crippen LogP) is 2.53. The summed E-state index contributed by atoms with van der Waals surface area (Å²) in [5, 5.41) is 8.18. The molecule has 0 aliphatic carbocycles. The minimum absolute atomic E-state index is 0.968. The SMILES string of the molecule is CCn1nc(C)c(CCNCCCN2CCCCC2)c1C. The van der Waals surface area contributed by atoms with E-state index in [0.717, 1.165) is 26.1 Å². The second kappa shape index (κ2) is 8.54. The molecule has 1 aromatic rings. The van der Waals surface area contributed by atoms with Crippen molar-refractivity contribution in [1.82, 2.24) is 20.0 Å². The molecular formula is C17H32N4. The van der Waals surface area contributed by atoms with Crippen molar-refractivity contribution in [3.8, 4) is 0 Å². The highest BCUT2D eigenvalue weighted by Crippen LogP contribution is 2.13. The Morgan fingerprint density at radius 3 is 2.52 bits per heavy atom. The van der Waals surface area contributed by atoms with Crippen molar-refractivity contribution in [3.63, 3.8) is 0 Å². The molecule has 1 saturated heterocycles. The molecule has 0 atom stereocenters. The fourth-order valence-electron chi connectivity index (χ4n) is 3.35. The summed E-state index contributed by atoms with van der Waals surface area (Å²) in [7, 11) is 0. The molecule has 0 spiro atoms. The molecule has 21 heavy (non-hydrogen) atoms. The highest BCUT2D eigenvalue weighted by Gasteiger charge is 2.10. The fraction of sp³-hybridized carbons (Fsp3) is 0.824. The third kappa shape index (κ3) is 4.82. The van der Waals surface area contributed by atoms with E-state index in [9.17, 15) is 0 Å². The van der Waals surface area contributed by atoms with Crippen LogP contribution in [0, 0.1) is 13.8 Å². The van der Waals surface area contributed by atoms with Crippen LogP contribution in [-0.4, -0.2) is 47.4 Å². The number of nitrogens with one attached hydrogen (secondary N) is 1. The minimum atomic E-state index is 0.968. The van der Waals surface area contributed by atoms with Gasteiger partial charge in [0.05, 0.1) is 5.69 Å². The van der Waals surface area contributed by atoms with E-state index in [2.05, 4.69) is 40.8 Å². The molecule has 1 aliphatic heterocycles. The number of nitrogens with zero attached hydrogens (tertiary/aromatic N) is 3. The first-order valence-corrected chi connectivity index (χ1v) is 8.68. The number of hydrogen-bond acceptors (Lipinski definition) is 3. The molecule has 4 heteroatoms. The number of piperidine rings is 1. The monoisotopic (exact) mass is 292 g/mol. The summed E-state index contributed by atoms with van der Waals surface area (Å²) in [6, 6.07) is 0. The Labute approximate surface area is 129 Å². The van der Waals surface area contributed by atoms with Gasteiger partial charge in [0.2, 0.25) is 0 Å². The van der Waals surface area contributed by atoms with Crippen molar-refractivity contribution in [2.45, 2.75) is 59.4 Å². The molecule has 1 aromatic heterocycles. The first-order valence-electron chi connectivity index (χ1n) is 8.68. The molecule has 1 aliphatic rings. The minimum Gasteiger partial charge on any atom is -0.316 e. The lowest BCUT2D eigenvalue weighted by Gasteiger charge is -2.26. The molecule has 2 rings (SSSR count). The van der Waals surface area contributed by atoms with Crippen molar-refractivity contribution in [2.24, 2.45) is 0 Å². The molecule has 0 unspecified atom stereocenters. The van der Waals surface area contributed by atoms with Crippen LogP contribution in [0.3, 0.4) is 0 Å². The molecule has 120 valence electrons.